The summed E-state index contributed by atoms with van der Waals surface area (Å²) < 4.78 is 4.87. The van der Waals surface area contributed by atoms with Gasteiger partial charge in [0.25, 0.3) is 0 Å². The lowest BCUT2D eigenvalue weighted by Crippen LogP contribution is -2.58. The van der Waals surface area contributed by atoms with E-state index in [1.165, 1.54) is 20.0 Å². The Hall–Kier alpha value is -1.55. The van der Waals surface area contributed by atoms with Crippen LogP contribution in [0.3, 0.4) is 0 Å². The third-order valence-corrected chi connectivity index (χ3v) is 4.47. The van der Waals surface area contributed by atoms with Crippen LogP contribution in [0.1, 0.15) is 23.2 Å². The van der Waals surface area contributed by atoms with E-state index < -0.39 is 0 Å². The molecule has 0 bridgehead atoms. The van der Waals surface area contributed by atoms with Gasteiger partial charge in [-0.15, -0.1) is 0 Å². The standard InChI is InChI=1S/C15H20N2O2/c1-19-14(18)12-4-2-3-5-13(12)17-8-6-15(7-9-17)10-16-11-15/h2-5,16H,6-11H2,1H3. The van der Waals surface area contributed by atoms with Gasteiger partial charge in [-0.1, -0.05) is 12.1 Å². The third kappa shape index (κ3) is 2.21. The Morgan fingerprint density at radius 1 is 1.26 bits per heavy atom. The van der Waals surface area contributed by atoms with Gasteiger partial charge in [0.1, 0.15) is 0 Å². The highest BCUT2D eigenvalue weighted by atomic mass is 16.5. The molecule has 1 aromatic carbocycles. The van der Waals surface area contributed by atoms with Crippen molar-refractivity contribution in [2.24, 2.45) is 5.41 Å². The molecule has 102 valence electrons. The van der Waals surface area contributed by atoms with Crippen molar-refractivity contribution >= 4 is 11.7 Å². The van der Waals surface area contributed by atoms with Crippen LogP contribution in [-0.4, -0.2) is 39.3 Å². The minimum Gasteiger partial charge on any atom is -0.465 e. The van der Waals surface area contributed by atoms with Gasteiger partial charge in [-0.3, -0.25) is 0 Å². The number of rotatable bonds is 2. The molecule has 0 atom stereocenters. The van der Waals surface area contributed by atoms with E-state index in [1.807, 2.05) is 24.3 Å². The molecular formula is C15H20N2O2. The van der Waals surface area contributed by atoms with Gasteiger partial charge in [-0.2, -0.15) is 0 Å². The van der Waals surface area contributed by atoms with E-state index in [0.29, 0.717) is 11.0 Å². The number of ether oxygens (including phenoxy) is 1. The molecule has 2 aliphatic heterocycles. The Morgan fingerprint density at radius 3 is 2.53 bits per heavy atom. The van der Waals surface area contributed by atoms with Crippen molar-refractivity contribution in [3.63, 3.8) is 0 Å². The summed E-state index contributed by atoms with van der Waals surface area (Å²) in [5.41, 5.74) is 2.21. The van der Waals surface area contributed by atoms with Crippen molar-refractivity contribution in [2.75, 3.05) is 38.2 Å². The van der Waals surface area contributed by atoms with E-state index in [1.54, 1.807) is 0 Å². The van der Waals surface area contributed by atoms with E-state index in [4.69, 9.17) is 4.74 Å². The molecule has 4 nitrogen and oxygen atoms in total. The van der Waals surface area contributed by atoms with Gasteiger partial charge in [0.05, 0.1) is 18.4 Å². The second kappa shape index (κ2) is 4.85. The Morgan fingerprint density at radius 2 is 1.95 bits per heavy atom. The monoisotopic (exact) mass is 260 g/mol. The molecule has 3 rings (SSSR count). The van der Waals surface area contributed by atoms with E-state index in [-0.39, 0.29) is 5.97 Å². The summed E-state index contributed by atoms with van der Waals surface area (Å²) in [6, 6.07) is 7.73. The number of nitrogens with zero attached hydrogens (tertiary/aromatic N) is 1. The SMILES string of the molecule is COC(=O)c1ccccc1N1CCC2(CC1)CNC2. The largest absolute Gasteiger partial charge is 0.465 e. The van der Waals surface area contributed by atoms with Crippen LogP contribution in [0.15, 0.2) is 24.3 Å². The van der Waals surface area contributed by atoms with Crippen molar-refractivity contribution in [1.82, 2.24) is 5.32 Å². The molecule has 0 unspecified atom stereocenters. The zero-order valence-electron chi connectivity index (χ0n) is 11.3. The van der Waals surface area contributed by atoms with Crippen molar-refractivity contribution in [3.05, 3.63) is 29.8 Å². The minimum atomic E-state index is -0.249. The number of carbonyl (C=O) groups is 1. The molecule has 2 fully saturated rings. The molecule has 0 radical (unpaired) electrons. The highest BCUT2D eigenvalue weighted by Crippen LogP contribution is 2.37. The van der Waals surface area contributed by atoms with Gasteiger partial charge in [0.15, 0.2) is 0 Å². The number of piperidine rings is 1. The summed E-state index contributed by atoms with van der Waals surface area (Å²) in [6.07, 6.45) is 2.41. The summed E-state index contributed by atoms with van der Waals surface area (Å²) in [5.74, 6) is -0.249. The van der Waals surface area contributed by atoms with Crippen LogP contribution in [0.2, 0.25) is 0 Å². The van der Waals surface area contributed by atoms with Gasteiger partial charge in [-0.25, -0.2) is 4.79 Å². The van der Waals surface area contributed by atoms with Crippen molar-refractivity contribution in [3.8, 4) is 0 Å². The van der Waals surface area contributed by atoms with Crippen LogP contribution < -0.4 is 10.2 Å². The number of benzene rings is 1. The number of carbonyl (C=O) groups excluding carboxylic acids is 1. The fourth-order valence-electron chi connectivity index (χ4n) is 3.09. The van der Waals surface area contributed by atoms with Gasteiger partial charge >= 0.3 is 5.97 Å². The number of anilines is 1. The van der Waals surface area contributed by atoms with E-state index in [9.17, 15) is 4.79 Å². The van der Waals surface area contributed by atoms with Crippen LogP contribution in [-0.2, 0) is 4.74 Å². The smallest absolute Gasteiger partial charge is 0.339 e. The van der Waals surface area contributed by atoms with Crippen LogP contribution >= 0.6 is 0 Å². The molecule has 0 saturated carbocycles. The highest BCUT2D eigenvalue weighted by Gasteiger charge is 2.39. The molecule has 4 heteroatoms. The average Bonchev–Trinajstić information content (AvgIpc) is 2.45. The first-order chi connectivity index (χ1) is 9.24. The van der Waals surface area contributed by atoms with E-state index in [2.05, 4.69) is 10.2 Å². The summed E-state index contributed by atoms with van der Waals surface area (Å²) >= 11 is 0. The van der Waals surface area contributed by atoms with Gasteiger partial charge in [0, 0.05) is 26.2 Å². The highest BCUT2D eigenvalue weighted by molar-refractivity contribution is 5.95. The maximum absolute atomic E-state index is 11.8. The lowest BCUT2D eigenvalue weighted by atomic mass is 9.73. The first-order valence-corrected chi connectivity index (χ1v) is 6.87. The first-order valence-electron chi connectivity index (χ1n) is 6.87. The molecule has 1 spiro atoms. The molecule has 1 aromatic rings. The quantitative estimate of drug-likeness (QED) is 0.821. The van der Waals surface area contributed by atoms with Crippen molar-refractivity contribution in [2.45, 2.75) is 12.8 Å². The lowest BCUT2D eigenvalue weighted by molar-refractivity contribution is 0.0601. The molecule has 2 heterocycles. The molecule has 1 N–H and O–H groups in total. The minimum absolute atomic E-state index is 0.249. The molecular weight excluding hydrogens is 240 g/mol. The van der Waals surface area contributed by atoms with Crippen LogP contribution in [0.25, 0.3) is 0 Å². The number of hydrogen-bond acceptors (Lipinski definition) is 4. The number of para-hydroxylation sites is 1. The van der Waals surface area contributed by atoms with Gasteiger partial charge < -0.3 is 15.0 Å². The van der Waals surface area contributed by atoms with Crippen LogP contribution in [0.5, 0.6) is 0 Å². The zero-order valence-corrected chi connectivity index (χ0v) is 11.3. The predicted octanol–water partition coefficient (Wildman–Crippen LogP) is 1.66. The average molecular weight is 260 g/mol. The second-order valence-electron chi connectivity index (χ2n) is 5.60. The maximum atomic E-state index is 11.8. The zero-order chi connectivity index (χ0) is 13.3. The van der Waals surface area contributed by atoms with E-state index in [0.717, 1.165) is 31.9 Å². The van der Waals surface area contributed by atoms with Crippen LogP contribution in [0, 0.1) is 5.41 Å². The number of nitrogens with one attached hydrogen (secondary N) is 1. The maximum Gasteiger partial charge on any atom is 0.339 e. The van der Waals surface area contributed by atoms with E-state index >= 15 is 0 Å². The molecule has 2 saturated heterocycles. The lowest BCUT2D eigenvalue weighted by Gasteiger charge is -2.49. The molecule has 0 aromatic heterocycles. The Bertz CT molecular complexity index is 473. The van der Waals surface area contributed by atoms with Gasteiger partial charge in [-0.05, 0) is 30.4 Å². The Balaban J connectivity index is 1.77. The number of hydrogen-bond donors (Lipinski definition) is 1. The molecule has 0 aliphatic carbocycles. The Kier molecular flexibility index (Phi) is 3.19. The van der Waals surface area contributed by atoms with Crippen molar-refractivity contribution < 1.29 is 9.53 Å². The first kappa shape index (κ1) is 12.5. The Labute approximate surface area is 113 Å². The van der Waals surface area contributed by atoms with Crippen LogP contribution in [0.4, 0.5) is 5.69 Å². The topological polar surface area (TPSA) is 41.6 Å². The number of esters is 1. The van der Waals surface area contributed by atoms with Crippen molar-refractivity contribution in [1.29, 1.82) is 0 Å². The van der Waals surface area contributed by atoms with Gasteiger partial charge in [0.2, 0.25) is 0 Å². The number of methoxy groups -OCH3 is 1. The summed E-state index contributed by atoms with van der Waals surface area (Å²) in [4.78, 5) is 14.1. The normalized spacial score (nSPS) is 21.0. The summed E-state index contributed by atoms with van der Waals surface area (Å²) in [5, 5.41) is 3.37. The fraction of sp³-hybridized carbons (Fsp3) is 0.533. The second-order valence-corrected chi connectivity index (χ2v) is 5.60. The predicted molar refractivity (Wildman–Crippen MR) is 74.5 cm³/mol. The third-order valence-electron chi connectivity index (χ3n) is 4.47. The summed E-state index contributed by atoms with van der Waals surface area (Å²) in [7, 11) is 1.43. The fourth-order valence-corrected chi connectivity index (χ4v) is 3.09. The molecule has 0 amide bonds. The molecule has 2 aliphatic rings. The molecule has 19 heavy (non-hydrogen) atoms. The summed E-state index contributed by atoms with van der Waals surface area (Å²) in [6.45, 7) is 4.35.